The van der Waals surface area contributed by atoms with E-state index in [2.05, 4.69) is 21.4 Å². The first kappa shape index (κ1) is 10.7. The lowest BCUT2D eigenvalue weighted by molar-refractivity contribution is 0.362. The minimum atomic E-state index is -4.22. The van der Waals surface area contributed by atoms with Crippen LogP contribution in [0.15, 0.2) is 28.7 Å². The average molecular weight is 267 g/mol. The van der Waals surface area contributed by atoms with Crippen molar-refractivity contribution < 1.29 is 14.4 Å². The van der Waals surface area contributed by atoms with Crippen molar-refractivity contribution >= 4 is 29.4 Å². The molecule has 0 bridgehead atoms. The lowest BCUT2D eigenvalue weighted by Crippen LogP contribution is -2.17. The molecule has 0 spiro atoms. The smallest absolute Gasteiger partial charge is 0.312 e. The van der Waals surface area contributed by atoms with Gasteiger partial charge in [-0.05, 0) is 18.2 Å². The van der Waals surface area contributed by atoms with Crippen LogP contribution in [0, 0.1) is 0 Å². The first-order valence-corrected chi connectivity index (χ1v) is 5.72. The van der Waals surface area contributed by atoms with Gasteiger partial charge in [-0.25, -0.2) is 4.57 Å². The zero-order valence-corrected chi connectivity index (χ0v) is 8.92. The van der Waals surface area contributed by atoms with Gasteiger partial charge >= 0.3 is 7.75 Å². The number of nitrogens with one attached hydrogen (secondary N) is 2. The lowest BCUT2D eigenvalue weighted by Gasteiger charge is -2.08. The second kappa shape index (κ2) is 4.21. The summed E-state index contributed by atoms with van der Waals surface area (Å²) in [5, 5.41) is 1.86. The van der Waals surface area contributed by atoms with Crippen LogP contribution < -0.4 is 10.6 Å². The lowest BCUT2D eigenvalue weighted by atomic mass is 10.3. The fourth-order valence-electron chi connectivity index (χ4n) is 0.704. The normalized spacial score (nSPS) is 11.3. The monoisotopic (exact) mass is 266 g/mol. The van der Waals surface area contributed by atoms with Crippen molar-refractivity contribution in [3.8, 4) is 0 Å². The van der Waals surface area contributed by atoms with Crippen LogP contribution in [0.25, 0.3) is 0 Å². The number of benzene rings is 1. The summed E-state index contributed by atoms with van der Waals surface area (Å²) in [4.78, 5) is 16.9. The molecular weight excluding hydrogens is 259 g/mol. The average Bonchev–Trinajstić information content (AvgIpc) is 2.00. The Morgan fingerprint density at radius 2 is 2.08 bits per heavy atom. The highest BCUT2D eigenvalue weighted by molar-refractivity contribution is 9.10. The highest BCUT2D eigenvalue weighted by atomic mass is 79.9. The Morgan fingerprint density at radius 3 is 2.62 bits per heavy atom. The third-order valence-corrected chi connectivity index (χ3v) is 2.07. The van der Waals surface area contributed by atoms with E-state index in [1.807, 2.05) is 11.3 Å². The predicted molar refractivity (Wildman–Crippen MR) is 52.9 cm³/mol. The summed E-state index contributed by atoms with van der Waals surface area (Å²) in [7, 11) is -4.22. The van der Waals surface area contributed by atoms with E-state index in [0.717, 1.165) is 4.47 Å². The van der Waals surface area contributed by atoms with Crippen molar-refractivity contribution in [1.29, 1.82) is 0 Å². The largest absolute Gasteiger partial charge is 0.417 e. The molecule has 4 N–H and O–H groups in total. The Labute approximate surface area is 83.5 Å². The number of anilines is 1. The van der Waals surface area contributed by atoms with Crippen molar-refractivity contribution in [2.75, 3.05) is 5.43 Å². The Bertz CT molecular complexity index is 340. The van der Waals surface area contributed by atoms with Crippen LogP contribution in [0.1, 0.15) is 0 Å². The van der Waals surface area contributed by atoms with Crippen molar-refractivity contribution in [3.05, 3.63) is 28.7 Å². The topological polar surface area (TPSA) is 81.6 Å². The first-order valence-electron chi connectivity index (χ1n) is 3.32. The van der Waals surface area contributed by atoms with E-state index in [1.165, 1.54) is 0 Å². The summed E-state index contributed by atoms with van der Waals surface area (Å²) in [6, 6.07) is 6.91. The van der Waals surface area contributed by atoms with Gasteiger partial charge in [-0.3, -0.25) is 0 Å². The molecule has 0 unspecified atom stereocenters. The molecule has 1 aromatic carbocycles. The number of rotatable bonds is 3. The maximum Gasteiger partial charge on any atom is 0.417 e. The summed E-state index contributed by atoms with van der Waals surface area (Å²) in [6.07, 6.45) is 0. The molecule has 0 aliphatic heterocycles. The van der Waals surface area contributed by atoms with E-state index in [-0.39, 0.29) is 0 Å². The van der Waals surface area contributed by atoms with E-state index in [4.69, 9.17) is 9.79 Å². The standard InChI is InChI=1S/C6H8BrN2O3P/c7-5-2-1-3-6(4-5)8-9-13(10,11)12/h1-4,8H,(H3,9,10,11,12). The SMILES string of the molecule is O=P(O)(O)NNc1cccc(Br)c1. The molecule has 1 rings (SSSR count). The molecular formula is C6H8BrN2O3P. The molecule has 0 saturated heterocycles. The molecule has 0 aromatic heterocycles. The van der Waals surface area contributed by atoms with Gasteiger partial charge in [0.2, 0.25) is 0 Å². The minimum absolute atomic E-state index is 0.567. The van der Waals surface area contributed by atoms with E-state index >= 15 is 0 Å². The van der Waals surface area contributed by atoms with Gasteiger partial charge < -0.3 is 15.2 Å². The van der Waals surface area contributed by atoms with E-state index < -0.39 is 7.75 Å². The van der Waals surface area contributed by atoms with Crippen molar-refractivity contribution in [2.45, 2.75) is 0 Å². The number of hydrazine groups is 1. The molecule has 0 aliphatic carbocycles. The van der Waals surface area contributed by atoms with Crippen LogP contribution in [0.4, 0.5) is 5.69 Å². The quantitative estimate of drug-likeness (QED) is 0.492. The van der Waals surface area contributed by atoms with Gasteiger partial charge in [0.1, 0.15) is 0 Å². The Balaban J connectivity index is 2.60. The maximum absolute atomic E-state index is 10.4. The summed E-state index contributed by atoms with van der Waals surface area (Å²) >= 11 is 3.22. The number of hydrogen-bond donors (Lipinski definition) is 4. The summed E-state index contributed by atoms with van der Waals surface area (Å²) < 4.78 is 11.2. The van der Waals surface area contributed by atoms with Gasteiger partial charge in [0.25, 0.3) is 0 Å². The van der Waals surface area contributed by atoms with Crippen LogP contribution in [0.5, 0.6) is 0 Å². The summed E-state index contributed by atoms with van der Waals surface area (Å²) in [5.74, 6) is 0. The molecule has 13 heavy (non-hydrogen) atoms. The predicted octanol–water partition coefficient (Wildman–Crippen LogP) is 1.46. The molecule has 0 amide bonds. The van der Waals surface area contributed by atoms with Crippen LogP contribution in [-0.2, 0) is 4.57 Å². The van der Waals surface area contributed by atoms with Crippen molar-refractivity contribution in [2.24, 2.45) is 0 Å². The fraction of sp³-hybridized carbons (Fsp3) is 0. The van der Waals surface area contributed by atoms with Crippen molar-refractivity contribution in [1.82, 2.24) is 5.20 Å². The summed E-state index contributed by atoms with van der Waals surface area (Å²) in [6.45, 7) is 0. The Kier molecular flexibility index (Phi) is 3.47. The van der Waals surface area contributed by atoms with Gasteiger partial charge in [-0.2, -0.15) is 0 Å². The highest BCUT2D eigenvalue weighted by Crippen LogP contribution is 2.28. The zero-order valence-electron chi connectivity index (χ0n) is 6.44. The van der Waals surface area contributed by atoms with Crippen LogP contribution >= 0.6 is 23.7 Å². The van der Waals surface area contributed by atoms with Gasteiger partial charge in [-0.1, -0.05) is 22.0 Å². The molecule has 0 aliphatic rings. The molecule has 0 heterocycles. The second-order valence-electron chi connectivity index (χ2n) is 2.29. The highest BCUT2D eigenvalue weighted by Gasteiger charge is 2.10. The number of hydrogen-bond acceptors (Lipinski definition) is 2. The molecule has 0 saturated carbocycles. The van der Waals surface area contributed by atoms with E-state index in [9.17, 15) is 4.57 Å². The zero-order chi connectivity index (χ0) is 9.90. The molecule has 7 heteroatoms. The molecule has 5 nitrogen and oxygen atoms in total. The van der Waals surface area contributed by atoms with Gasteiger partial charge in [0.15, 0.2) is 0 Å². The third kappa shape index (κ3) is 4.40. The van der Waals surface area contributed by atoms with Gasteiger partial charge in [0.05, 0.1) is 5.69 Å². The third-order valence-electron chi connectivity index (χ3n) is 1.17. The van der Waals surface area contributed by atoms with Crippen LogP contribution in [-0.4, -0.2) is 9.79 Å². The van der Waals surface area contributed by atoms with Crippen LogP contribution in [0.3, 0.4) is 0 Å². The molecule has 0 atom stereocenters. The molecule has 72 valence electrons. The number of halogens is 1. The van der Waals surface area contributed by atoms with Gasteiger partial charge in [0, 0.05) is 4.47 Å². The fourth-order valence-corrected chi connectivity index (χ4v) is 1.38. The summed E-state index contributed by atoms with van der Waals surface area (Å²) in [5.41, 5.74) is 2.95. The Hall–Kier alpha value is -0.390. The second-order valence-corrected chi connectivity index (χ2v) is 4.52. The first-order chi connectivity index (χ1) is 5.97. The van der Waals surface area contributed by atoms with E-state index in [0.29, 0.717) is 5.69 Å². The molecule has 0 radical (unpaired) electrons. The maximum atomic E-state index is 10.4. The molecule has 0 fully saturated rings. The van der Waals surface area contributed by atoms with Crippen LogP contribution in [0.2, 0.25) is 0 Å². The van der Waals surface area contributed by atoms with E-state index in [1.54, 1.807) is 18.2 Å². The van der Waals surface area contributed by atoms with Gasteiger partial charge in [-0.15, -0.1) is 5.20 Å². The van der Waals surface area contributed by atoms with Crippen molar-refractivity contribution in [3.63, 3.8) is 0 Å². The molecule has 1 aromatic rings. The Morgan fingerprint density at radius 1 is 1.38 bits per heavy atom. The minimum Gasteiger partial charge on any atom is -0.312 e.